The predicted octanol–water partition coefficient (Wildman–Crippen LogP) is 3.48. The first-order valence-corrected chi connectivity index (χ1v) is 12.7. The van der Waals surface area contributed by atoms with Crippen LogP contribution in [0.4, 0.5) is 0 Å². The number of carbonyl (C=O) groups excluding carboxylic acids is 1. The van der Waals surface area contributed by atoms with Crippen molar-refractivity contribution in [2.75, 3.05) is 26.2 Å². The van der Waals surface area contributed by atoms with E-state index in [1.807, 2.05) is 30.3 Å². The van der Waals surface area contributed by atoms with E-state index in [0.29, 0.717) is 49.5 Å². The lowest BCUT2D eigenvalue weighted by molar-refractivity contribution is -0.126. The van der Waals surface area contributed by atoms with E-state index in [1.54, 1.807) is 12.1 Å². The van der Waals surface area contributed by atoms with Gasteiger partial charge in [-0.05, 0) is 63.4 Å². The van der Waals surface area contributed by atoms with Crippen LogP contribution in [0.15, 0.2) is 47.4 Å². The van der Waals surface area contributed by atoms with Crippen molar-refractivity contribution < 1.29 is 13.2 Å². The van der Waals surface area contributed by atoms with Crippen molar-refractivity contribution in [3.05, 3.63) is 42.5 Å². The molecule has 6 nitrogen and oxygen atoms in total. The number of carbonyl (C=O) groups is 1. The van der Waals surface area contributed by atoms with Gasteiger partial charge < -0.3 is 5.32 Å². The Balaban J connectivity index is 1.55. The second-order valence-electron chi connectivity index (χ2n) is 8.90. The molecule has 0 aromatic heterocycles. The minimum atomic E-state index is -3.55. The van der Waals surface area contributed by atoms with Crippen molar-refractivity contribution in [1.29, 1.82) is 0 Å². The third-order valence-corrected chi connectivity index (χ3v) is 8.07. The summed E-state index contributed by atoms with van der Waals surface area (Å²) in [4.78, 5) is 15.3. The zero-order chi connectivity index (χ0) is 22.6. The fourth-order valence-electron chi connectivity index (χ4n) is 4.40. The maximum atomic E-state index is 13.1. The second kappa shape index (κ2) is 10.1. The first-order chi connectivity index (χ1) is 14.7. The largest absolute Gasteiger partial charge is 0.355 e. The molecule has 0 aliphatic carbocycles. The van der Waals surface area contributed by atoms with Gasteiger partial charge in [0.05, 0.1) is 4.90 Å². The van der Waals surface area contributed by atoms with Crippen molar-refractivity contribution in [3.63, 3.8) is 0 Å². The first-order valence-electron chi connectivity index (χ1n) is 11.2. The van der Waals surface area contributed by atoms with Gasteiger partial charge in [0, 0.05) is 44.2 Å². The third-order valence-electron chi connectivity index (χ3n) is 6.18. The van der Waals surface area contributed by atoms with Crippen LogP contribution in [-0.4, -0.2) is 61.8 Å². The molecule has 0 unspecified atom stereocenters. The number of rotatable bonds is 8. The van der Waals surface area contributed by atoms with Crippen LogP contribution in [0.25, 0.3) is 10.8 Å². The molecular formula is C24H35N3O3S. The smallest absolute Gasteiger partial charge is 0.243 e. The third kappa shape index (κ3) is 5.64. The van der Waals surface area contributed by atoms with E-state index in [4.69, 9.17) is 0 Å². The number of fused-ring (bicyclic) bond motifs is 1. The molecule has 7 heteroatoms. The van der Waals surface area contributed by atoms with E-state index in [0.717, 1.165) is 17.3 Å². The molecule has 3 rings (SSSR count). The molecule has 1 fully saturated rings. The van der Waals surface area contributed by atoms with Gasteiger partial charge in [0.15, 0.2) is 0 Å². The van der Waals surface area contributed by atoms with E-state index < -0.39 is 10.0 Å². The highest BCUT2D eigenvalue weighted by Gasteiger charge is 2.32. The Morgan fingerprint density at radius 1 is 1.03 bits per heavy atom. The summed E-state index contributed by atoms with van der Waals surface area (Å²) in [6.45, 7) is 10.8. The lowest BCUT2D eigenvalue weighted by Gasteiger charge is -2.32. The predicted molar refractivity (Wildman–Crippen MR) is 125 cm³/mol. The number of nitrogens with one attached hydrogen (secondary N) is 1. The molecule has 0 spiro atoms. The summed E-state index contributed by atoms with van der Waals surface area (Å²) in [5.74, 6) is -0.0928. The van der Waals surface area contributed by atoms with Crippen LogP contribution in [-0.2, 0) is 14.8 Å². The average Bonchev–Trinajstić information content (AvgIpc) is 2.75. The Bertz CT molecular complexity index is 988. The van der Waals surface area contributed by atoms with Crippen LogP contribution >= 0.6 is 0 Å². The van der Waals surface area contributed by atoms with E-state index in [2.05, 4.69) is 37.9 Å². The Morgan fingerprint density at radius 2 is 1.65 bits per heavy atom. The van der Waals surface area contributed by atoms with Gasteiger partial charge in [-0.25, -0.2) is 8.42 Å². The Morgan fingerprint density at radius 3 is 2.26 bits per heavy atom. The van der Waals surface area contributed by atoms with E-state index in [1.165, 1.54) is 4.31 Å². The van der Waals surface area contributed by atoms with Crippen molar-refractivity contribution >= 4 is 26.7 Å². The highest BCUT2D eigenvalue weighted by molar-refractivity contribution is 7.89. The molecule has 2 aromatic rings. The second-order valence-corrected chi connectivity index (χ2v) is 10.8. The van der Waals surface area contributed by atoms with Gasteiger partial charge >= 0.3 is 0 Å². The Hall–Kier alpha value is -1.96. The maximum Gasteiger partial charge on any atom is 0.243 e. The fraction of sp³-hybridized carbons (Fsp3) is 0.542. The molecule has 1 amide bonds. The quantitative estimate of drug-likeness (QED) is 0.675. The van der Waals surface area contributed by atoms with Gasteiger partial charge in [0.2, 0.25) is 15.9 Å². The maximum absolute atomic E-state index is 13.1. The Kier molecular flexibility index (Phi) is 7.73. The van der Waals surface area contributed by atoms with Gasteiger partial charge in [-0.1, -0.05) is 30.3 Å². The number of hydrogen-bond acceptors (Lipinski definition) is 4. The highest BCUT2D eigenvalue weighted by Crippen LogP contribution is 2.26. The van der Waals surface area contributed by atoms with Crippen LogP contribution in [0.3, 0.4) is 0 Å². The van der Waals surface area contributed by atoms with Gasteiger partial charge in [-0.2, -0.15) is 4.31 Å². The molecule has 170 valence electrons. The van der Waals surface area contributed by atoms with E-state index >= 15 is 0 Å². The zero-order valence-electron chi connectivity index (χ0n) is 19.0. The summed E-state index contributed by atoms with van der Waals surface area (Å²) < 4.78 is 27.7. The fourth-order valence-corrected chi connectivity index (χ4v) is 5.91. The summed E-state index contributed by atoms with van der Waals surface area (Å²) in [5.41, 5.74) is 0. The number of benzene rings is 2. The summed E-state index contributed by atoms with van der Waals surface area (Å²) in [7, 11) is -3.55. The molecule has 0 radical (unpaired) electrons. The van der Waals surface area contributed by atoms with Gasteiger partial charge in [0.25, 0.3) is 0 Å². The molecule has 0 bridgehead atoms. The van der Waals surface area contributed by atoms with E-state index in [9.17, 15) is 13.2 Å². The lowest BCUT2D eigenvalue weighted by Crippen LogP contribution is -2.46. The van der Waals surface area contributed by atoms with Crippen LogP contribution in [0.2, 0.25) is 0 Å². The zero-order valence-corrected chi connectivity index (χ0v) is 19.9. The molecule has 1 heterocycles. The molecule has 1 aliphatic heterocycles. The molecule has 1 saturated heterocycles. The number of hydrogen-bond donors (Lipinski definition) is 1. The number of piperidine rings is 1. The molecule has 0 atom stereocenters. The van der Waals surface area contributed by atoms with Crippen molar-refractivity contribution in [2.45, 2.75) is 57.5 Å². The summed E-state index contributed by atoms with van der Waals surface area (Å²) >= 11 is 0. The number of nitrogens with zero attached hydrogens (tertiary/aromatic N) is 2. The molecule has 1 aliphatic rings. The molecule has 1 N–H and O–H groups in total. The molecule has 0 saturated carbocycles. The van der Waals surface area contributed by atoms with Gasteiger partial charge in [-0.15, -0.1) is 0 Å². The van der Waals surface area contributed by atoms with Crippen LogP contribution < -0.4 is 5.32 Å². The topological polar surface area (TPSA) is 69.7 Å². The summed E-state index contributed by atoms with van der Waals surface area (Å²) in [5, 5.41) is 4.98. The minimum Gasteiger partial charge on any atom is -0.355 e. The van der Waals surface area contributed by atoms with E-state index in [-0.39, 0.29) is 11.8 Å². The average molecular weight is 446 g/mol. The molecular weight excluding hydrogens is 410 g/mol. The number of amides is 1. The normalized spacial score (nSPS) is 16.5. The molecule has 2 aromatic carbocycles. The van der Waals surface area contributed by atoms with Crippen molar-refractivity contribution in [1.82, 2.24) is 14.5 Å². The monoisotopic (exact) mass is 445 g/mol. The highest BCUT2D eigenvalue weighted by atomic mass is 32.2. The lowest BCUT2D eigenvalue weighted by atomic mass is 9.97. The first kappa shape index (κ1) is 23.7. The SMILES string of the molecule is CC(C)N(CCNC(=O)C1CCN(S(=O)(=O)c2ccc3ccccc3c2)CC1)C(C)C. The Labute approximate surface area is 186 Å². The minimum absolute atomic E-state index is 0.0372. The van der Waals surface area contributed by atoms with Gasteiger partial charge in [-0.3, -0.25) is 9.69 Å². The standard InChI is InChI=1S/C24H35N3O3S/c1-18(2)27(19(3)4)16-13-25-24(28)21-11-14-26(15-12-21)31(29,30)23-10-9-20-7-5-6-8-22(20)17-23/h5-10,17-19,21H,11-16H2,1-4H3,(H,25,28). The van der Waals surface area contributed by atoms with Crippen LogP contribution in [0.1, 0.15) is 40.5 Å². The van der Waals surface area contributed by atoms with Gasteiger partial charge in [0.1, 0.15) is 0 Å². The summed E-state index contributed by atoms with van der Waals surface area (Å²) in [6, 6.07) is 13.9. The van der Waals surface area contributed by atoms with Crippen molar-refractivity contribution in [3.8, 4) is 0 Å². The van der Waals surface area contributed by atoms with Crippen LogP contribution in [0.5, 0.6) is 0 Å². The van der Waals surface area contributed by atoms with Crippen LogP contribution in [0, 0.1) is 5.92 Å². The van der Waals surface area contributed by atoms with Crippen molar-refractivity contribution in [2.24, 2.45) is 5.92 Å². The summed E-state index contributed by atoms with van der Waals surface area (Å²) in [6.07, 6.45) is 1.10. The molecule has 31 heavy (non-hydrogen) atoms. The number of sulfonamides is 1.